The van der Waals surface area contributed by atoms with Gasteiger partial charge in [-0.2, -0.15) is 5.10 Å². The standard InChI is InChI=1S/C18H21FN4O.ClH/c1-20-16(12-9-21-22(2)10-12)17(24)23-11-18(7-4-8-18)15-13(19)5-3-6-14(15)23;/h3,5-6,9-10,16,20H,4,7-8,11H2,1-2H3;1H. The summed E-state index contributed by atoms with van der Waals surface area (Å²) in [6, 6.07) is 4.57. The van der Waals surface area contributed by atoms with Gasteiger partial charge in [-0.25, -0.2) is 4.39 Å². The van der Waals surface area contributed by atoms with Crippen LogP contribution in [-0.2, 0) is 17.3 Å². The molecule has 1 unspecified atom stereocenters. The molecule has 1 fully saturated rings. The van der Waals surface area contributed by atoms with Crippen molar-refractivity contribution in [2.45, 2.75) is 30.7 Å². The molecule has 1 atom stereocenters. The first-order valence-corrected chi connectivity index (χ1v) is 8.32. The SMILES string of the molecule is CNC(C(=O)N1CC2(CCC2)c2c(F)cccc21)c1cnn(C)c1.Cl. The largest absolute Gasteiger partial charge is 0.309 e. The fourth-order valence-corrected chi connectivity index (χ4v) is 4.12. The van der Waals surface area contributed by atoms with Gasteiger partial charge in [-0.3, -0.25) is 9.48 Å². The van der Waals surface area contributed by atoms with Gasteiger partial charge in [-0.1, -0.05) is 12.5 Å². The molecule has 134 valence electrons. The average molecular weight is 365 g/mol. The molecule has 0 saturated heterocycles. The van der Waals surface area contributed by atoms with E-state index in [-0.39, 0.29) is 29.5 Å². The number of aromatic nitrogens is 2. The first-order chi connectivity index (χ1) is 11.6. The highest BCUT2D eigenvalue weighted by Crippen LogP contribution is 2.53. The van der Waals surface area contributed by atoms with Crippen molar-refractivity contribution in [3.8, 4) is 0 Å². The second-order valence-corrected chi connectivity index (χ2v) is 6.86. The van der Waals surface area contributed by atoms with Crippen LogP contribution in [0.5, 0.6) is 0 Å². The summed E-state index contributed by atoms with van der Waals surface area (Å²) < 4.78 is 16.2. The minimum absolute atomic E-state index is 0. The molecule has 4 rings (SSSR count). The molecule has 0 bridgehead atoms. The number of carbonyl (C=O) groups excluding carboxylic acids is 1. The van der Waals surface area contributed by atoms with Gasteiger partial charge in [0, 0.05) is 36.3 Å². The highest BCUT2D eigenvalue weighted by molar-refractivity contribution is 6.00. The summed E-state index contributed by atoms with van der Waals surface area (Å²) in [4.78, 5) is 14.9. The zero-order valence-corrected chi connectivity index (χ0v) is 15.1. The number of anilines is 1. The van der Waals surface area contributed by atoms with E-state index in [1.54, 1.807) is 28.9 Å². The van der Waals surface area contributed by atoms with Gasteiger partial charge in [0.2, 0.25) is 5.91 Å². The summed E-state index contributed by atoms with van der Waals surface area (Å²) in [6.07, 6.45) is 6.51. The van der Waals surface area contributed by atoms with Crippen molar-refractivity contribution in [1.82, 2.24) is 15.1 Å². The van der Waals surface area contributed by atoms with E-state index in [2.05, 4.69) is 10.4 Å². The third-order valence-corrected chi connectivity index (χ3v) is 5.44. The minimum atomic E-state index is -0.481. The van der Waals surface area contributed by atoms with Gasteiger partial charge >= 0.3 is 0 Å². The smallest absolute Gasteiger partial charge is 0.248 e. The molecular formula is C18H22ClFN4O. The molecule has 1 N–H and O–H groups in total. The van der Waals surface area contributed by atoms with Crippen molar-refractivity contribution in [3.63, 3.8) is 0 Å². The molecule has 1 aromatic carbocycles. The van der Waals surface area contributed by atoms with Gasteiger partial charge in [-0.05, 0) is 32.0 Å². The Morgan fingerprint density at radius 1 is 1.40 bits per heavy atom. The number of likely N-dealkylation sites (N-methyl/N-ethyl adjacent to an activating group) is 1. The number of fused-ring (bicyclic) bond motifs is 2. The highest BCUT2D eigenvalue weighted by Gasteiger charge is 2.50. The van der Waals surface area contributed by atoms with E-state index in [1.165, 1.54) is 6.07 Å². The lowest BCUT2D eigenvalue weighted by Gasteiger charge is -2.39. The van der Waals surface area contributed by atoms with Crippen LogP contribution >= 0.6 is 12.4 Å². The average Bonchev–Trinajstić information content (AvgIpc) is 3.10. The molecule has 2 aliphatic rings. The fraction of sp³-hybridized carbons (Fsp3) is 0.444. The van der Waals surface area contributed by atoms with Crippen LogP contribution in [0.1, 0.15) is 36.4 Å². The van der Waals surface area contributed by atoms with Crippen LogP contribution in [0, 0.1) is 5.82 Å². The molecule has 1 amide bonds. The number of rotatable bonds is 3. The van der Waals surface area contributed by atoms with E-state index in [4.69, 9.17) is 0 Å². The summed E-state index contributed by atoms with van der Waals surface area (Å²) in [5.74, 6) is -0.244. The molecule has 7 heteroatoms. The van der Waals surface area contributed by atoms with Gasteiger partial charge in [0.1, 0.15) is 11.9 Å². The number of nitrogens with zero attached hydrogens (tertiary/aromatic N) is 3. The molecule has 1 aromatic heterocycles. The van der Waals surface area contributed by atoms with Crippen LogP contribution in [0.4, 0.5) is 10.1 Å². The van der Waals surface area contributed by atoms with Crippen molar-refractivity contribution in [2.24, 2.45) is 7.05 Å². The Kier molecular flexibility index (Phi) is 4.60. The first kappa shape index (κ1) is 17.9. The van der Waals surface area contributed by atoms with Gasteiger partial charge in [-0.15, -0.1) is 12.4 Å². The monoisotopic (exact) mass is 364 g/mol. The van der Waals surface area contributed by atoms with Crippen molar-refractivity contribution in [3.05, 3.63) is 47.5 Å². The predicted octanol–water partition coefficient (Wildman–Crippen LogP) is 2.71. The molecule has 1 saturated carbocycles. The maximum Gasteiger partial charge on any atom is 0.248 e. The molecule has 5 nitrogen and oxygen atoms in total. The van der Waals surface area contributed by atoms with Crippen LogP contribution in [-0.4, -0.2) is 29.3 Å². The highest BCUT2D eigenvalue weighted by atomic mass is 35.5. The van der Waals surface area contributed by atoms with Crippen LogP contribution < -0.4 is 10.2 Å². The maximum atomic E-state index is 14.5. The quantitative estimate of drug-likeness (QED) is 0.911. The Morgan fingerprint density at radius 2 is 2.16 bits per heavy atom. The number of benzene rings is 1. The number of amides is 1. The molecule has 1 spiro atoms. The molecule has 0 radical (unpaired) electrons. The van der Waals surface area contributed by atoms with E-state index in [0.717, 1.165) is 36.1 Å². The Labute approximate surface area is 152 Å². The predicted molar refractivity (Wildman–Crippen MR) is 96.5 cm³/mol. The Bertz CT molecular complexity index is 802. The molecule has 1 aliphatic carbocycles. The van der Waals surface area contributed by atoms with Crippen molar-refractivity contribution in [1.29, 1.82) is 0 Å². The number of hydrogen-bond acceptors (Lipinski definition) is 3. The molecule has 2 aromatic rings. The number of carbonyl (C=O) groups is 1. The van der Waals surface area contributed by atoms with Crippen LogP contribution in [0.2, 0.25) is 0 Å². The summed E-state index contributed by atoms with van der Waals surface area (Å²) in [6.45, 7) is 0.570. The zero-order valence-electron chi connectivity index (χ0n) is 14.3. The zero-order chi connectivity index (χ0) is 16.9. The van der Waals surface area contributed by atoms with Crippen molar-refractivity contribution < 1.29 is 9.18 Å². The number of aryl methyl sites for hydroxylation is 1. The lowest BCUT2D eigenvalue weighted by molar-refractivity contribution is -0.120. The lowest BCUT2D eigenvalue weighted by atomic mass is 9.65. The summed E-state index contributed by atoms with van der Waals surface area (Å²) >= 11 is 0. The topological polar surface area (TPSA) is 50.2 Å². The molecule has 2 heterocycles. The Balaban J connectivity index is 0.00000182. The van der Waals surface area contributed by atoms with Gasteiger partial charge < -0.3 is 10.2 Å². The summed E-state index contributed by atoms with van der Waals surface area (Å²) in [5.41, 5.74) is 2.08. The molecule has 1 aliphatic heterocycles. The third kappa shape index (κ3) is 2.64. The van der Waals surface area contributed by atoms with Gasteiger partial charge in [0.25, 0.3) is 0 Å². The Hall–Kier alpha value is -1.92. The molecule has 25 heavy (non-hydrogen) atoms. The molecular weight excluding hydrogens is 343 g/mol. The van der Waals surface area contributed by atoms with Crippen molar-refractivity contribution >= 4 is 24.0 Å². The lowest BCUT2D eigenvalue weighted by Crippen LogP contribution is -2.45. The van der Waals surface area contributed by atoms with Gasteiger partial charge in [0.15, 0.2) is 0 Å². The first-order valence-electron chi connectivity index (χ1n) is 8.32. The third-order valence-electron chi connectivity index (χ3n) is 5.44. The maximum absolute atomic E-state index is 14.5. The number of hydrogen-bond donors (Lipinski definition) is 1. The number of nitrogens with one attached hydrogen (secondary N) is 1. The van der Waals surface area contributed by atoms with Gasteiger partial charge in [0.05, 0.1) is 11.9 Å². The van der Waals surface area contributed by atoms with E-state index >= 15 is 0 Å². The van der Waals surface area contributed by atoms with E-state index < -0.39 is 6.04 Å². The second kappa shape index (κ2) is 6.42. The van der Waals surface area contributed by atoms with Crippen LogP contribution in [0.15, 0.2) is 30.6 Å². The fourth-order valence-electron chi connectivity index (χ4n) is 4.12. The van der Waals surface area contributed by atoms with E-state index in [0.29, 0.717) is 6.54 Å². The van der Waals surface area contributed by atoms with Crippen LogP contribution in [0.25, 0.3) is 0 Å². The van der Waals surface area contributed by atoms with E-state index in [9.17, 15) is 9.18 Å². The second-order valence-electron chi connectivity index (χ2n) is 6.86. The summed E-state index contributed by atoms with van der Waals surface area (Å²) in [7, 11) is 3.59. The minimum Gasteiger partial charge on any atom is -0.309 e. The van der Waals surface area contributed by atoms with Crippen molar-refractivity contribution in [2.75, 3.05) is 18.5 Å². The van der Waals surface area contributed by atoms with E-state index in [1.807, 2.05) is 19.3 Å². The normalized spacial score (nSPS) is 18.4. The number of halogens is 2. The Morgan fingerprint density at radius 3 is 2.72 bits per heavy atom. The summed E-state index contributed by atoms with van der Waals surface area (Å²) in [5, 5.41) is 7.23. The van der Waals surface area contributed by atoms with Crippen LogP contribution in [0.3, 0.4) is 0 Å².